The Morgan fingerprint density at radius 1 is 0.691 bits per heavy atom. The Hall–Kier alpha value is -6.32. The molecule has 5 heterocycles. The Morgan fingerprint density at radius 3 is 1.78 bits per heavy atom. The molecule has 55 heavy (non-hydrogen) atoms. The van der Waals surface area contributed by atoms with Crippen LogP contribution in [0.2, 0.25) is 0 Å². The average Bonchev–Trinajstić information content (AvgIpc) is 3.85. The third kappa shape index (κ3) is 6.83. The number of fused-ring (bicyclic) bond motifs is 8. The van der Waals surface area contributed by atoms with E-state index in [1.807, 2.05) is 61.7 Å². The molecule has 3 aliphatic rings. The summed E-state index contributed by atoms with van der Waals surface area (Å²) in [4.78, 5) is 69.5. The predicted molar refractivity (Wildman–Crippen MR) is 211 cm³/mol. The second kappa shape index (κ2) is 14.8. The van der Waals surface area contributed by atoms with Crippen molar-refractivity contribution in [1.82, 2.24) is 19.6 Å². The number of benzene rings is 2. The number of nitrogens with zero attached hydrogens (tertiary/aromatic N) is 10. The number of primary amides is 2. The predicted octanol–water partition coefficient (Wildman–Crippen LogP) is 4.03. The molecule has 0 fully saturated rings. The largest absolute Gasteiger partial charge is 0.366 e. The van der Waals surface area contributed by atoms with Gasteiger partial charge in [0.25, 0.3) is 11.8 Å². The van der Waals surface area contributed by atoms with Crippen LogP contribution >= 0.6 is 0 Å². The Kier molecular flexibility index (Phi) is 9.99. The van der Waals surface area contributed by atoms with E-state index in [1.54, 1.807) is 44.6 Å². The van der Waals surface area contributed by atoms with E-state index < -0.39 is 17.7 Å². The molecule has 4 amide bonds. The van der Waals surface area contributed by atoms with Gasteiger partial charge >= 0.3 is 0 Å². The molecule has 0 radical (unpaired) electrons. The van der Waals surface area contributed by atoms with Crippen molar-refractivity contribution in [2.75, 3.05) is 46.8 Å². The van der Waals surface area contributed by atoms with Crippen LogP contribution in [0.15, 0.2) is 52.4 Å². The molecule has 2 aromatic heterocycles. The monoisotopic (exact) mass is 746 g/mol. The van der Waals surface area contributed by atoms with E-state index in [0.29, 0.717) is 91.3 Å². The maximum absolute atomic E-state index is 14.3. The Balaban J connectivity index is 1.28. The van der Waals surface area contributed by atoms with Gasteiger partial charge < -0.3 is 31.1 Å². The van der Waals surface area contributed by atoms with Crippen molar-refractivity contribution in [3.8, 4) is 0 Å². The summed E-state index contributed by atoms with van der Waals surface area (Å²) in [5.41, 5.74) is 18.2. The first-order chi connectivity index (χ1) is 26.4. The third-order valence-electron chi connectivity index (χ3n) is 10.5. The molecule has 0 spiro atoms. The zero-order valence-corrected chi connectivity index (χ0v) is 31.9. The Morgan fingerprint density at radius 2 is 1.24 bits per heavy atom. The maximum atomic E-state index is 14.3. The van der Waals surface area contributed by atoms with Crippen LogP contribution in [-0.2, 0) is 19.5 Å². The fourth-order valence-corrected chi connectivity index (χ4v) is 7.70. The Bertz CT molecular complexity index is 2280. The highest BCUT2D eigenvalue weighted by Crippen LogP contribution is 2.39. The van der Waals surface area contributed by atoms with E-state index >= 15 is 0 Å². The van der Waals surface area contributed by atoms with Gasteiger partial charge in [-0.05, 0) is 95.3 Å². The third-order valence-corrected chi connectivity index (χ3v) is 10.5. The van der Waals surface area contributed by atoms with Crippen molar-refractivity contribution in [3.63, 3.8) is 0 Å². The second-order valence-corrected chi connectivity index (χ2v) is 14.1. The number of anilines is 4. The van der Waals surface area contributed by atoms with Crippen molar-refractivity contribution in [2.24, 2.45) is 21.5 Å². The summed E-state index contributed by atoms with van der Waals surface area (Å²) in [6.07, 6.45) is 4.30. The summed E-state index contributed by atoms with van der Waals surface area (Å²) in [5.74, 6) is -1.05. The standard InChI is InChI=1S/C39H46N12O4/c1-6-50-33-27(24(3)45-50)12-8-7-9-19-51-32(20-23(2)44-51)36(54)42-38-46(4)30-21-25(34(40)52)13-15-28(30)48(38)17-10-11-18-49-29-16-14-26(35(41)53)22-31(29)47(5)39(49)43-37(33)55/h13-16,20-22H,6-12,17-19H2,1-5H3,(H2,40,52)(H2,41,53). The van der Waals surface area contributed by atoms with Crippen LogP contribution < -0.4 is 31.1 Å². The van der Waals surface area contributed by atoms with Crippen molar-refractivity contribution >= 4 is 58.3 Å². The normalized spacial score (nSPS) is 16.7. The fourth-order valence-electron chi connectivity index (χ4n) is 7.70. The smallest absolute Gasteiger partial charge is 0.298 e. The van der Waals surface area contributed by atoms with Crippen LogP contribution in [0.25, 0.3) is 0 Å². The van der Waals surface area contributed by atoms with Crippen LogP contribution in [0.4, 0.5) is 22.7 Å². The molecule has 7 rings (SSSR count). The second-order valence-electron chi connectivity index (χ2n) is 14.1. The summed E-state index contributed by atoms with van der Waals surface area (Å²) in [7, 11) is 3.64. The highest BCUT2D eigenvalue weighted by molar-refractivity contribution is 6.21. The van der Waals surface area contributed by atoms with Crippen molar-refractivity contribution < 1.29 is 19.2 Å². The molecule has 16 heteroatoms. The quantitative estimate of drug-likeness (QED) is 0.309. The number of hydrogen-bond donors (Lipinski definition) is 2. The summed E-state index contributed by atoms with van der Waals surface area (Å²) < 4.78 is 3.45. The lowest BCUT2D eigenvalue weighted by Crippen LogP contribution is -2.39. The lowest BCUT2D eigenvalue weighted by molar-refractivity contribution is 0.0983. The number of hydrogen-bond acceptors (Lipinski definition) is 10. The minimum Gasteiger partial charge on any atom is -0.366 e. The number of guanidine groups is 2. The van der Waals surface area contributed by atoms with Gasteiger partial charge in [0.1, 0.15) is 11.4 Å². The molecule has 4 aromatic rings. The molecule has 0 saturated carbocycles. The first-order valence-electron chi connectivity index (χ1n) is 18.6. The molecule has 16 nitrogen and oxygen atoms in total. The van der Waals surface area contributed by atoms with E-state index in [9.17, 15) is 19.2 Å². The highest BCUT2D eigenvalue weighted by atomic mass is 16.2. The maximum Gasteiger partial charge on any atom is 0.298 e. The number of carbonyl (C=O) groups is 4. The van der Waals surface area contributed by atoms with Crippen LogP contribution in [0, 0.1) is 13.8 Å². The van der Waals surface area contributed by atoms with Gasteiger partial charge in [0.2, 0.25) is 23.7 Å². The molecule has 286 valence electrons. The van der Waals surface area contributed by atoms with Crippen molar-refractivity contribution in [1.29, 1.82) is 0 Å². The molecular weight excluding hydrogens is 701 g/mol. The van der Waals surface area contributed by atoms with Gasteiger partial charge in [0.15, 0.2) is 0 Å². The van der Waals surface area contributed by atoms with Crippen LogP contribution in [0.3, 0.4) is 0 Å². The first-order valence-corrected chi connectivity index (χ1v) is 18.6. The molecule has 0 aliphatic carbocycles. The molecule has 3 aliphatic heterocycles. The molecule has 0 bridgehead atoms. The van der Waals surface area contributed by atoms with Crippen LogP contribution in [0.5, 0.6) is 0 Å². The Labute approximate surface area is 319 Å². The molecule has 0 atom stereocenters. The number of aliphatic imine (C=N–C) groups is 2. The molecular formula is C39H46N12O4. The number of aromatic nitrogens is 4. The van der Waals surface area contributed by atoms with Gasteiger partial charge in [-0.15, -0.1) is 0 Å². The number of nitrogens with two attached hydrogens (primary N) is 2. The summed E-state index contributed by atoms with van der Waals surface area (Å²) >= 11 is 0. The summed E-state index contributed by atoms with van der Waals surface area (Å²) in [6, 6.07) is 12.2. The minimum absolute atomic E-state index is 0.349. The van der Waals surface area contributed by atoms with Crippen molar-refractivity contribution in [3.05, 3.63) is 81.9 Å². The lowest BCUT2D eigenvalue weighted by Gasteiger charge is -2.23. The lowest BCUT2D eigenvalue weighted by atomic mass is 10.0. The molecule has 4 N–H and O–H groups in total. The number of amides is 4. The van der Waals surface area contributed by atoms with E-state index in [-0.39, 0.29) is 5.91 Å². The van der Waals surface area contributed by atoms with E-state index in [1.165, 1.54) is 0 Å². The summed E-state index contributed by atoms with van der Waals surface area (Å²) in [6.45, 7) is 7.73. The van der Waals surface area contributed by atoms with Crippen LogP contribution in [0.1, 0.15) is 97.7 Å². The molecule has 2 aromatic carbocycles. The average molecular weight is 747 g/mol. The van der Waals surface area contributed by atoms with Gasteiger partial charge in [-0.1, -0.05) is 6.42 Å². The number of aryl methyl sites for hydroxylation is 4. The zero-order chi connectivity index (χ0) is 39.1. The topological polar surface area (TPSA) is 194 Å². The van der Waals surface area contributed by atoms with Crippen molar-refractivity contribution in [2.45, 2.75) is 72.4 Å². The SMILES string of the molecule is CCn1nc(C)c2c1C(=O)N=C1N(C)c3cc(C(N)=O)ccc3N1CCCCN1C(=NC(=O)c3cc(C)nn3CCCCC2)N(C)c2cc(C(N)=O)ccc21. The van der Waals surface area contributed by atoms with E-state index in [0.717, 1.165) is 47.6 Å². The van der Waals surface area contributed by atoms with E-state index in [4.69, 9.17) is 21.6 Å². The summed E-state index contributed by atoms with van der Waals surface area (Å²) in [5, 5.41) is 9.33. The molecule has 0 unspecified atom stereocenters. The van der Waals surface area contributed by atoms with Gasteiger partial charge in [-0.25, -0.2) is 0 Å². The van der Waals surface area contributed by atoms with Gasteiger partial charge in [0.05, 0.1) is 34.1 Å². The van der Waals surface area contributed by atoms with Gasteiger partial charge in [-0.3, -0.25) is 28.5 Å². The first kappa shape index (κ1) is 37.0. The van der Waals surface area contributed by atoms with E-state index in [2.05, 4.69) is 10.1 Å². The minimum atomic E-state index is -0.552. The number of rotatable bonds is 3. The fraction of sp³-hybridized carbons (Fsp3) is 0.385. The van der Waals surface area contributed by atoms with Gasteiger partial charge in [-0.2, -0.15) is 20.2 Å². The van der Waals surface area contributed by atoms with Gasteiger partial charge in [0, 0.05) is 57.0 Å². The zero-order valence-electron chi connectivity index (χ0n) is 31.9. The molecule has 0 saturated heterocycles. The highest BCUT2D eigenvalue weighted by Gasteiger charge is 2.35. The van der Waals surface area contributed by atoms with Crippen LogP contribution in [-0.4, -0.2) is 82.3 Å². The number of carbonyl (C=O) groups excluding carboxylic acids is 4.